The number of allylic oxidation sites excluding steroid dienone is 2. The van der Waals surface area contributed by atoms with Crippen molar-refractivity contribution in [3.63, 3.8) is 0 Å². The molecule has 1 aliphatic carbocycles. The molecule has 3 rings (SSSR count). The zero-order valence-electron chi connectivity index (χ0n) is 18.8. The van der Waals surface area contributed by atoms with Gasteiger partial charge >= 0.3 is 0 Å². The fourth-order valence-corrected chi connectivity index (χ4v) is 4.12. The zero-order valence-corrected chi connectivity index (χ0v) is 18.8. The maximum absolute atomic E-state index is 5.22. The first-order valence-corrected chi connectivity index (χ1v) is 11.3. The van der Waals surface area contributed by atoms with Gasteiger partial charge in [-0.15, -0.1) is 0 Å². The topological polar surface area (TPSA) is 24.4 Å². The minimum atomic E-state index is 0.537. The van der Waals surface area contributed by atoms with Crippen LogP contribution in [0, 0.1) is 13.8 Å². The smallest absolute Gasteiger partial charge is 0.0694 e. The summed E-state index contributed by atoms with van der Waals surface area (Å²) < 4.78 is 0. The fourth-order valence-electron chi connectivity index (χ4n) is 4.12. The first-order chi connectivity index (χ1) is 14.0. The molecule has 0 saturated heterocycles. The Kier molecular flexibility index (Phi) is 7.30. The highest BCUT2D eigenvalue weighted by molar-refractivity contribution is 6.05. The SMILES string of the molecule is CCCc1cccc(C)c1N=C1CCCC=C1Nc1c(C)cccc1[C@@H](C)CC. The van der Waals surface area contributed by atoms with Gasteiger partial charge in [-0.1, -0.05) is 69.7 Å². The number of para-hydroxylation sites is 2. The number of anilines is 1. The average Bonchev–Trinajstić information content (AvgIpc) is 2.72. The molecule has 2 nitrogen and oxygen atoms in total. The molecule has 29 heavy (non-hydrogen) atoms. The number of rotatable bonds is 7. The van der Waals surface area contributed by atoms with Crippen molar-refractivity contribution >= 4 is 17.1 Å². The standard InChI is InChI=1S/C27H36N2/c1-6-12-22-15-10-13-20(4)26(22)28-24-17-8-9-18-25(24)29-27-21(5)14-11-16-23(27)19(3)7-2/h10-11,13-16,18-19,29H,6-9,12,17H2,1-5H3/t19-/m0/s1. The molecule has 0 heterocycles. The van der Waals surface area contributed by atoms with Crippen molar-refractivity contribution in [3.8, 4) is 0 Å². The Morgan fingerprint density at radius 1 is 1.03 bits per heavy atom. The highest BCUT2D eigenvalue weighted by Crippen LogP contribution is 2.33. The number of hydrogen-bond acceptors (Lipinski definition) is 2. The number of benzene rings is 2. The second-order valence-electron chi connectivity index (χ2n) is 8.37. The summed E-state index contributed by atoms with van der Waals surface area (Å²) in [6, 6.07) is 13.2. The Hall–Kier alpha value is -2.35. The van der Waals surface area contributed by atoms with Crippen molar-refractivity contribution in [1.29, 1.82) is 0 Å². The van der Waals surface area contributed by atoms with Gasteiger partial charge in [0.15, 0.2) is 0 Å². The van der Waals surface area contributed by atoms with Crippen LogP contribution in [0.4, 0.5) is 11.4 Å². The number of aliphatic imine (C=N–C) groups is 1. The third-order valence-electron chi connectivity index (χ3n) is 6.07. The lowest BCUT2D eigenvalue weighted by Crippen LogP contribution is -2.17. The Bertz CT molecular complexity index is 905. The van der Waals surface area contributed by atoms with Gasteiger partial charge in [0, 0.05) is 5.69 Å². The average molecular weight is 389 g/mol. The van der Waals surface area contributed by atoms with Gasteiger partial charge in [0.05, 0.1) is 17.1 Å². The molecule has 0 bridgehead atoms. The highest BCUT2D eigenvalue weighted by Gasteiger charge is 2.18. The van der Waals surface area contributed by atoms with Gasteiger partial charge in [-0.05, 0) is 74.1 Å². The maximum atomic E-state index is 5.22. The Morgan fingerprint density at radius 2 is 1.79 bits per heavy atom. The minimum absolute atomic E-state index is 0.537. The van der Waals surface area contributed by atoms with Crippen molar-refractivity contribution in [2.24, 2.45) is 4.99 Å². The van der Waals surface area contributed by atoms with Crippen molar-refractivity contribution in [2.75, 3.05) is 5.32 Å². The van der Waals surface area contributed by atoms with Gasteiger partial charge in [-0.2, -0.15) is 0 Å². The molecule has 1 N–H and O–H groups in total. The lowest BCUT2D eigenvalue weighted by molar-refractivity contribution is 0.734. The van der Waals surface area contributed by atoms with E-state index in [-0.39, 0.29) is 0 Å². The molecule has 1 aliphatic rings. The number of nitrogens with one attached hydrogen (secondary N) is 1. The van der Waals surface area contributed by atoms with E-state index in [1.807, 2.05) is 0 Å². The van der Waals surface area contributed by atoms with Crippen LogP contribution in [0.1, 0.15) is 81.0 Å². The van der Waals surface area contributed by atoms with E-state index in [4.69, 9.17) is 4.99 Å². The van der Waals surface area contributed by atoms with Crippen LogP contribution in [0.5, 0.6) is 0 Å². The lowest BCUT2D eigenvalue weighted by Gasteiger charge is -2.23. The number of nitrogens with zero attached hydrogens (tertiary/aromatic N) is 1. The summed E-state index contributed by atoms with van der Waals surface area (Å²) >= 11 is 0. The van der Waals surface area contributed by atoms with E-state index >= 15 is 0 Å². The zero-order chi connectivity index (χ0) is 20.8. The van der Waals surface area contributed by atoms with Gasteiger partial charge in [0.25, 0.3) is 0 Å². The van der Waals surface area contributed by atoms with Crippen LogP contribution in [0.25, 0.3) is 0 Å². The molecule has 0 radical (unpaired) electrons. The minimum Gasteiger partial charge on any atom is -0.354 e. The largest absolute Gasteiger partial charge is 0.354 e. The van der Waals surface area contributed by atoms with Crippen molar-refractivity contribution < 1.29 is 0 Å². The fraction of sp³-hybridized carbons (Fsp3) is 0.444. The molecule has 0 fully saturated rings. The third kappa shape index (κ3) is 4.98. The first kappa shape index (κ1) is 21.4. The summed E-state index contributed by atoms with van der Waals surface area (Å²) in [5.74, 6) is 0.537. The predicted molar refractivity (Wildman–Crippen MR) is 128 cm³/mol. The summed E-state index contributed by atoms with van der Waals surface area (Å²) in [4.78, 5) is 5.22. The predicted octanol–water partition coefficient (Wildman–Crippen LogP) is 8.02. The molecule has 0 saturated carbocycles. The van der Waals surface area contributed by atoms with Gasteiger partial charge in [-0.3, -0.25) is 4.99 Å². The van der Waals surface area contributed by atoms with E-state index in [1.165, 1.54) is 51.5 Å². The molecule has 1 atom stereocenters. The third-order valence-corrected chi connectivity index (χ3v) is 6.07. The molecular weight excluding hydrogens is 352 g/mol. The van der Waals surface area contributed by atoms with Crippen molar-refractivity contribution in [2.45, 2.75) is 79.1 Å². The normalized spacial score (nSPS) is 16.6. The van der Waals surface area contributed by atoms with Crippen LogP contribution < -0.4 is 5.32 Å². The molecule has 2 aromatic carbocycles. The molecule has 2 heteroatoms. The second kappa shape index (κ2) is 9.91. The highest BCUT2D eigenvalue weighted by atomic mass is 14.9. The van der Waals surface area contributed by atoms with Gasteiger partial charge in [0.1, 0.15) is 0 Å². The van der Waals surface area contributed by atoms with Gasteiger partial charge < -0.3 is 5.32 Å². The Balaban J connectivity index is 2.00. The maximum Gasteiger partial charge on any atom is 0.0694 e. The Morgan fingerprint density at radius 3 is 2.55 bits per heavy atom. The van der Waals surface area contributed by atoms with Crippen LogP contribution in [0.15, 0.2) is 53.2 Å². The number of aryl methyl sites for hydroxylation is 3. The molecule has 0 aliphatic heterocycles. The molecule has 2 aromatic rings. The van der Waals surface area contributed by atoms with E-state index in [0.717, 1.165) is 32.1 Å². The Labute approximate surface area is 177 Å². The first-order valence-electron chi connectivity index (χ1n) is 11.3. The molecule has 0 unspecified atom stereocenters. The molecule has 0 spiro atoms. The van der Waals surface area contributed by atoms with Gasteiger partial charge in [-0.25, -0.2) is 0 Å². The van der Waals surface area contributed by atoms with Gasteiger partial charge in [0.2, 0.25) is 0 Å². The number of hydrogen-bond donors (Lipinski definition) is 1. The monoisotopic (exact) mass is 388 g/mol. The van der Waals surface area contributed by atoms with Crippen LogP contribution >= 0.6 is 0 Å². The molecular formula is C27H36N2. The van der Waals surface area contributed by atoms with Crippen molar-refractivity contribution in [1.82, 2.24) is 0 Å². The van der Waals surface area contributed by atoms with Crippen LogP contribution in [0.2, 0.25) is 0 Å². The van der Waals surface area contributed by atoms with Crippen LogP contribution in [0.3, 0.4) is 0 Å². The van der Waals surface area contributed by atoms with Crippen LogP contribution in [-0.4, -0.2) is 5.71 Å². The lowest BCUT2D eigenvalue weighted by atomic mass is 9.93. The molecule has 0 aromatic heterocycles. The summed E-state index contributed by atoms with van der Waals surface area (Å²) in [5.41, 5.74) is 10.2. The second-order valence-corrected chi connectivity index (χ2v) is 8.37. The van der Waals surface area contributed by atoms with E-state index in [9.17, 15) is 0 Å². The van der Waals surface area contributed by atoms with E-state index < -0.39 is 0 Å². The summed E-state index contributed by atoms with van der Waals surface area (Å²) in [6.07, 6.45) is 9.02. The quantitative estimate of drug-likeness (QED) is 0.510. The van der Waals surface area contributed by atoms with Crippen LogP contribution in [-0.2, 0) is 6.42 Å². The van der Waals surface area contributed by atoms with E-state index in [1.54, 1.807) is 0 Å². The molecule has 154 valence electrons. The summed E-state index contributed by atoms with van der Waals surface area (Å²) in [5, 5.41) is 3.80. The van der Waals surface area contributed by atoms with E-state index in [0.29, 0.717) is 5.92 Å². The summed E-state index contributed by atoms with van der Waals surface area (Å²) in [6.45, 7) is 11.2. The summed E-state index contributed by atoms with van der Waals surface area (Å²) in [7, 11) is 0. The van der Waals surface area contributed by atoms with Crippen molar-refractivity contribution in [3.05, 3.63) is 70.4 Å². The molecule has 0 amide bonds. The van der Waals surface area contributed by atoms with E-state index in [2.05, 4.69) is 82.4 Å².